The van der Waals surface area contributed by atoms with E-state index in [-0.39, 0.29) is 12.4 Å². The van der Waals surface area contributed by atoms with Crippen LogP contribution in [0.2, 0.25) is 0 Å². The maximum Gasteiger partial charge on any atom is 0.405 e. The van der Waals surface area contributed by atoms with Gasteiger partial charge in [-0.2, -0.15) is 0 Å². The van der Waals surface area contributed by atoms with E-state index in [1.807, 2.05) is 23.0 Å². The van der Waals surface area contributed by atoms with Crippen LogP contribution in [0.1, 0.15) is 11.4 Å². The van der Waals surface area contributed by atoms with Crippen molar-refractivity contribution in [3.05, 3.63) is 59.9 Å². The van der Waals surface area contributed by atoms with Crippen LogP contribution in [-0.4, -0.2) is 25.7 Å². The molecule has 0 atom stereocenters. The minimum absolute atomic E-state index is 0.0714. The van der Waals surface area contributed by atoms with Crippen molar-refractivity contribution >= 4 is 6.09 Å². The highest BCUT2D eigenvalue weighted by atomic mass is 19.1. The maximum absolute atomic E-state index is 12.9. The Kier molecular flexibility index (Phi) is 3.69. The van der Waals surface area contributed by atoms with Crippen LogP contribution < -0.4 is 5.32 Å². The number of imidazole rings is 1. The Morgan fingerprint density at radius 3 is 2.64 bits per heavy atom. The number of rotatable bonds is 4. The lowest BCUT2D eigenvalue weighted by atomic mass is 10.2. The minimum atomic E-state index is -1.11. The van der Waals surface area contributed by atoms with Crippen molar-refractivity contribution in [3.63, 3.8) is 0 Å². The summed E-state index contributed by atoms with van der Waals surface area (Å²) in [4.78, 5) is 19.0. The van der Waals surface area contributed by atoms with Crippen molar-refractivity contribution in [1.82, 2.24) is 19.9 Å². The summed E-state index contributed by atoms with van der Waals surface area (Å²) in [6, 6.07) is 8.12. The van der Waals surface area contributed by atoms with Crippen molar-refractivity contribution in [1.29, 1.82) is 0 Å². The third kappa shape index (κ3) is 3.20. The van der Waals surface area contributed by atoms with Crippen LogP contribution >= 0.6 is 0 Å². The quantitative estimate of drug-likeness (QED) is 0.775. The van der Waals surface area contributed by atoms with E-state index in [2.05, 4.69) is 15.3 Å². The molecule has 1 aromatic carbocycles. The standard InChI is InChI=1S/C15H13FN4O2/c16-11-3-1-10(2-4-11)8-20-6-5-12-13(9-20)19-14(18-12)7-17-15(21)22/h1-6,9,17H,7-8H2,(H,21,22). The van der Waals surface area contributed by atoms with E-state index in [1.54, 1.807) is 12.1 Å². The van der Waals surface area contributed by atoms with Crippen molar-refractivity contribution in [3.8, 4) is 11.4 Å². The molecule has 0 spiro atoms. The van der Waals surface area contributed by atoms with Crippen molar-refractivity contribution < 1.29 is 14.3 Å². The summed E-state index contributed by atoms with van der Waals surface area (Å²) in [5.74, 6) is 0.165. The Labute approximate surface area is 125 Å². The number of fused-ring (bicyclic) bond motifs is 1. The first-order valence-corrected chi connectivity index (χ1v) is 6.64. The number of benzene rings is 1. The van der Waals surface area contributed by atoms with Gasteiger partial charge in [-0.3, -0.25) is 0 Å². The molecule has 112 valence electrons. The van der Waals surface area contributed by atoms with Gasteiger partial charge in [0.05, 0.1) is 12.2 Å². The number of amides is 1. The average molecular weight is 300 g/mol. The Hall–Kier alpha value is -2.96. The van der Waals surface area contributed by atoms with Gasteiger partial charge in [0.15, 0.2) is 0 Å². The zero-order valence-electron chi connectivity index (χ0n) is 11.5. The number of hydrogen-bond acceptors (Lipinski definition) is 3. The van der Waals surface area contributed by atoms with Gasteiger partial charge in [0.25, 0.3) is 0 Å². The third-order valence-corrected chi connectivity index (χ3v) is 3.15. The maximum atomic E-state index is 12.9. The number of nitrogens with one attached hydrogen (secondary N) is 1. The Balaban J connectivity index is 1.79. The van der Waals surface area contributed by atoms with Gasteiger partial charge in [0.2, 0.25) is 0 Å². The number of aromatic nitrogens is 3. The smallest absolute Gasteiger partial charge is 0.405 e. The average Bonchev–Trinajstić information content (AvgIpc) is 2.90. The van der Waals surface area contributed by atoms with E-state index in [4.69, 9.17) is 5.11 Å². The van der Waals surface area contributed by atoms with Gasteiger partial charge in [0.1, 0.15) is 17.3 Å². The normalized spacial score (nSPS) is 10.8. The second-order valence-corrected chi connectivity index (χ2v) is 4.81. The van der Waals surface area contributed by atoms with E-state index in [0.29, 0.717) is 23.8 Å². The Morgan fingerprint density at radius 2 is 1.91 bits per heavy atom. The summed E-state index contributed by atoms with van der Waals surface area (Å²) in [5, 5.41) is 10.8. The van der Waals surface area contributed by atoms with E-state index in [0.717, 1.165) is 5.56 Å². The molecular weight excluding hydrogens is 287 g/mol. The fourth-order valence-electron chi connectivity index (χ4n) is 2.13. The molecule has 1 amide bonds. The van der Waals surface area contributed by atoms with Crippen molar-refractivity contribution in [2.75, 3.05) is 0 Å². The van der Waals surface area contributed by atoms with E-state index >= 15 is 0 Å². The van der Waals surface area contributed by atoms with Crippen LogP contribution in [0, 0.1) is 5.82 Å². The molecule has 1 aromatic rings. The monoisotopic (exact) mass is 300 g/mol. The summed E-state index contributed by atoms with van der Waals surface area (Å²) in [6.45, 7) is 0.660. The predicted molar refractivity (Wildman–Crippen MR) is 77.0 cm³/mol. The molecule has 0 unspecified atom stereocenters. The lowest BCUT2D eigenvalue weighted by Crippen LogP contribution is -2.20. The number of nitrogens with zero attached hydrogens (tertiary/aromatic N) is 3. The molecule has 0 radical (unpaired) electrons. The van der Waals surface area contributed by atoms with Gasteiger partial charge < -0.3 is 15.0 Å². The number of pyridine rings is 1. The van der Waals surface area contributed by atoms with Gasteiger partial charge in [-0.05, 0) is 23.8 Å². The SMILES string of the molecule is O=C(O)NCc1nc2ccn(Cc3ccc(F)cc3)cc-2n1. The van der Waals surface area contributed by atoms with Crippen LogP contribution in [-0.2, 0) is 13.1 Å². The fraction of sp³-hybridized carbons (Fsp3) is 0.133. The highest BCUT2D eigenvalue weighted by Crippen LogP contribution is 2.18. The number of carbonyl (C=O) groups is 1. The molecular formula is C15H13FN4O2. The lowest BCUT2D eigenvalue weighted by Gasteiger charge is -2.08. The molecule has 0 saturated carbocycles. The predicted octanol–water partition coefficient (Wildman–Crippen LogP) is 2.34. The first-order chi connectivity index (χ1) is 10.6. The second kappa shape index (κ2) is 5.80. The molecule has 0 saturated heterocycles. The zero-order chi connectivity index (χ0) is 15.5. The van der Waals surface area contributed by atoms with Gasteiger partial charge in [-0.1, -0.05) is 12.1 Å². The molecule has 2 heterocycles. The summed E-state index contributed by atoms with van der Waals surface area (Å²) in [5.41, 5.74) is 2.36. The number of halogens is 1. The first-order valence-electron chi connectivity index (χ1n) is 6.64. The minimum Gasteiger partial charge on any atom is -0.465 e. The van der Waals surface area contributed by atoms with Crippen LogP contribution in [0.5, 0.6) is 0 Å². The van der Waals surface area contributed by atoms with Crippen LogP contribution in [0.4, 0.5) is 9.18 Å². The molecule has 2 aliphatic rings. The number of carboxylic acid groups (broad SMARTS) is 1. The lowest BCUT2D eigenvalue weighted by molar-refractivity contribution is 0.193. The van der Waals surface area contributed by atoms with Gasteiger partial charge in [0, 0.05) is 18.9 Å². The van der Waals surface area contributed by atoms with E-state index in [9.17, 15) is 9.18 Å². The van der Waals surface area contributed by atoms with Crippen LogP contribution in [0.15, 0.2) is 42.7 Å². The molecule has 0 aliphatic carbocycles. The van der Waals surface area contributed by atoms with Crippen LogP contribution in [0.3, 0.4) is 0 Å². The van der Waals surface area contributed by atoms with Gasteiger partial charge >= 0.3 is 6.09 Å². The summed E-state index contributed by atoms with van der Waals surface area (Å²) in [6.07, 6.45) is 2.57. The molecule has 6 nitrogen and oxygen atoms in total. The highest BCUT2D eigenvalue weighted by Gasteiger charge is 2.11. The van der Waals surface area contributed by atoms with Crippen molar-refractivity contribution in [2.45, 2.75) is 13.1 Å². The third-order valence-electron chi connectivity index (χ3n) is 3.15. The van der Waals surface area contributed by atoms with Gasteiger partial charge in [-0.25, -0.2) is 19.2 Å². The molecule has 0 fully saturated rings. The molecule has 0 aromatic heterocycles. The van der Waals surface area contributed by atoms with E-state index in [1.165, 1.54) is 12.1 Å². The van der Waals surface area contributed by atoms with Crippen LogP contribution in [0.25, 0.3) is 11.4 Å². The molecule has 0 bridgehead atoms. The first kappa shape index (κ1) is 14.0. The molecule has 2 aliphatic heterocycles. The van der Waals surface area contributed by atoms with E-state index < -0.39 is 6.09 Å². The largest absolute Gasteiger partial charge is 0.465 e. The summed E-state index contributed by atoms with van der Waals surface area (Å²) >= 11 is 0. The number of hydrogen-bond donors (Lipinski definition) is 2. The summed E-state index contributed by atoms with van der Waals surface area (Å²) < 4.78 is 14.8. The summed E-state index contributed by atoms with van der Waals surface area (Å²) in [7, 11) is 0. The fourth-order valence-corrected chi connectivity index (χ4v) is 2.13. The topological polar surface area (TPSA) is 80.0 Å². The van der Waals surface area contributed by atoms with Crippen molar-refractivity contribution in [2.24, 2.45) is 0 Å². The molecule has 7 heteroatoms. The highest BCUT2D eigenvalue weighted by molar-refractivity contribution is 5.64. The molecule has 2 N–H and O–H groups in total. The van der Waals surface area contributed by atoms with Gasteiger partial charge in [-0.15, -0.1) is 0 Å². The molecule has 3 rings (SSSR count). The molecule has 22 heavy (non-hydrogen) atoms. The Bertz CT molecular complexity index is 770. The Morgan fingerprint density at radius 1 is 1.18 bits per heavy atom. The zero-order valence-corrected chi connectivity index (χ0v) is 11.5. The second-order valence-electron chi connectivity index (χ2n) is 4.81.